The standard InChI is InChI=1S/C13H15FN2O/c1-15-8-2-3-12-9-17-13(16-12)10-4-6-11(14)7-5-10/h4-7,9,15H,2-3,8H2,1H3. The Balaban J connectivity index is 2.04. The summed E-state index contributed by atoms with van der Waals surface area (Å²) in [4.78, 5) is 4.37. The van der Waals surface area contributed by atoms with Crippen LogP contribution < -0.4 is 5.32 Å². The van der Waals surface area contributed by atoms with E-state index in [1.807, 2.05) is 7.05 Å². The molecule has 4 heteroatoms. The molecule has 0 saturated carbocycles. The van der Waals surface area contributed by atoms with Gasteiger partial charge in [-0.05, 0) is 50.7 Å². The predicted octanol–water partition coefficient (Wildman–Crippen LogP) is 2.63. The highest BCUT2D eigenvalue weighted by atomic mass is 19.1. The quantitative estimate of drug-likeness (QED) is 0.808. The van der Waals surface area contributed by atoms with Crippen molar-refractivity contribution in [2.75, 3.05) is 13.6 Å². The van der Waals surface area contributed by atoms with Gasteiger partial charge < -0.3 is 9.73 Å². The van der Waals surface area contributed by atoms with Crippen LogP contribution in [-0.2, 0) is 6.42 Å². The minimum atomic E-state index is -0.255. The zero-order valence-electron chi connectivity index (χ0n) is 9.74. The van der Waals surface area contributed by atoms with Gasteiger partial charge in [-0.3, -0.25) is 0 Å². The summed E-state index contributed by atoms with van der Waals surface area (Å²) in [6, 6.07) is 6.14. The summed E-state index contributed by atoms with van der Waals surface area (Å²) in [5.41, 5.74) is 1.73. The first kappa shape index (κ1) is 11.8. The lowest BCUT2D eigenvalue weighted by molar-refractivity contribution is 0.571. The fraction of sp³-hybridized carbons (Fsp3) is 0.308. The molecule has 1 aromatic carbocycles. The molecule has 90 valence electrons. The zero-order chi connectivity index (χ0) is 12.1. The van der Waals surface area contributed by atoms with E-state index in [-0.39, 0.29) is 5.82 Å². The number of hydrogen-bond donors (Lipinski definition) is 1. The maximum atomic E-state index is 12.8. The minimum Gasteiger partial charge on any atom is -0.444 e. The van der Waals surface area contributed by atoms with Crippen LogP contribution in [0.5, 0.6) is 0 Å². The van der Waals surface area contributed by atoms with E-state index in [2.05, 4.69) is 10.3 Å². The fourth-order valence-corrected chi connectivity index (χ4v) is 1.59. The molecule has 0 aliphatic rings. The first-order chi connectivity index (χ1) is 8.29. The Bertz CT molecular complexity index is 465. The van der Waals surface area contributed by atoms with E-state index in [4.69, 9.17) is 4.42 Å². The summed E-state index contributed by atoms with van der Waals surface area (Å²) >= 11 is 0. The van der Waals surface area contributed by atoms with Gasteiger partial charge in [0.1, 0.15) is 12.1 Å². The summed E-state index contributed by atoms with van der Waals surface area (Å²) in [7, 11) is 1.92. The lowest BCUT2D eigenvalue weighted by Crippen LogP contribution is -2.08. The van der Waals surface area contributed by atoms with Crippen molar-refractivity contribution in [3.05, 3.63) is 42.0 Å². The molecule has 3 nitrogen and oxygen atoms in total. The highest BCUT2D eigenvalue weighted by Crippen LogP contribution is 2.19. The Kier molecular flexibility index (Phi) is 3.88. The number of aromatic nitrogens is 1. The summed E-state index contributed by atoms with van der Waals surface area (Å²) in [5, 5.41) is 3.08. The monoisotopic (exact) mass is 234 g/mol. The van der Waals surface area contributed by atoms with Crippen molar-refractivity contribution in [1.29, 1.82) is 0 Å². The predicted molar refractivity (Wildman–Crippen MR) is 64.1 cm³/mol. The Hall–Kier alpha value is -1.68. The van der Waals surface area contributed by atoms with Crippen molar-refractivity contribution in [3.63, 3.8) is 0 Å². The number of hydrogen-bond acceptors (Lipinski definition) is 3. The number of aryl methyl sites for hydroxylation is 1. The summed E-state index contributed by atoms with van der Waals surface area (Å²) < 4.78 is 18.1. The number of nitrogens with zero attached hydrogens (tertiary/aromatic N) is 1. The van der Waals surface area contributed by atoms with Crippen molar-refractivity contribution >= 4 is 0 Å². The minimum absolute atomic E-state index is 0.255. The van der Waals surface area contributed by atoms with Crippen LogP contribution in [0.4, 0.5) is 4.39 Å². The molecule has 0 spiro atoms. The molecule has 1 N–H and O–H groups in total. The summed E-state index contributed by atoms with van der Waals surface area (Å²) in [6.07, 6.45) is 3.56. The molecule has 0 fully saturated rings. The molecule has 1 aromatic heterocycles. The second-order valence-electron chi connectivity index (χ2n) is 3.86. The number of oxazole rings is 1. The third-order valence-corrected chi connectivity index (χ3v) is 2.50. The van der Waals surface area contributed by atoms with Gasteiger partial charge in [0.15, 0.2) is 0 Å². The largest absolute Gasteiger partial charge is 0.444 e. The van der Waals surface area contributed by atoms with Crippen LogP contribution in [-0.4, -0.2) is 18.6 Å². The van der Waals surface area contributed by atoms with Crippen LogP contribution in [0, 0.1) is 5.82 Å². The van der Waals surface area contributed by atoms with Crippen molar-refractivity contribution in [3.8, 4) is 11.5 Å². The van der Waals surface area contributed by atoms with Crippen molar-refractivity contribution in [2.45, 2.75) is 12.8 Å². The third kappa shape index (κ3) is 3.14. The van der Waals surface area contributed by atoms with Gasteiger partial charge in [-0.15, -0.1) is 0 Å². The second-order valence-corrected chi connectivity index (χ2v) is 3.86. The summed E-state index contributed by atoms with van der Waals surface area (Å²) in [6.45, 7) is 0.957. The number of halogens is 1. The van der Waals surface area contributed by atoms with Crippen LogP contribution in [0.1, 0.15) is 12.1 Å². The van der Waals surface area contributed by atoms with E-state index >= 15 is 0 Å². The highest BCUT2D eigenvalue weighted by molar-refractivity contribution is 5.52. The molecule has 0 radical (unpaired) electrons. The molecule has 2 rings (SSSR count). The lowest BCUT2D eigenvalue weighted by atomic mass is 10.2. The third-order valence-electron chi connectivity index (χ3n) is 2.50. The molecule has 0 saturated heterocycles. The molecular formula is C13H15FN2O. The smallest absolute Gasteiger partial charge is 0.226 e. The maximum absolute atomic E-state index is 12.8. The van der Waals surface area contributed by atoms with Crippen molar-refractivity contribution in [1.82, 2.24) is 10.3 Å². The average Bonchev–Trinajstić information content (AvgIpc) is 2.79. The van der Waals surface area contributed by atoms with E-state index in [9.17, 15) is 4.39 Å². The first-order valence-electron chi connectivity index (χ1n) is 5.64. The number of benzene rings is 1. The highest BCUT2D eigenvalue weighted by Gasteiger charge is 2.06. The van der Waals surface area contributed by atoms with Crippen LogP contribution in [0.3, 0.4) is 0 Å². The van der Waals surface area contributed by atoms with Gasteiger partial charge >= 0.3 is 0 Å². The first-order valence-corrected chi connectivity index (χ1v) is 5.64. The Morgan fingerprint density at radius 1 is 1.29 bits per heavy atom. The fourth-order valence-electron chi connectivity index (χ4n) is 1.59. The molecule has 1 heterocycles. The Labute approximate surface area is 99.7 Å². The molecule has 0 amide bonds. The molecule has 0 aliphatic heterocycles. The van der Waals surface area contributed by atoms with E-state index in [0.717, 1.165) is 30.6 Å². The van der Waals surface area contributed by atoms with Gasteiger partial charge in [-0.25, -0.2) is 9.37 Å². The Morgan fingerprint density at radius 2 is 2.06 bits per heavy atom. The molecule has 17 heavy (non-hydrogen) atoms. The van der Waals surface area contributed by atoms with Gasteiger partial charge in [0, 0.05) is 5.56 Å². The van der Waals surface area contributed by atoms with Gasteiger partial charge in [0.2, 0.25) is 5.89 Å². The van der Waals surface area contributed by atoms with Gasteiger partial charge in [0.05, 0.1) is 5.69 Å². The zero-order valence-corrected chi connectivity index (χ0v) is 9.74. The molecular weight excluding hydrogens is 219 g/mol. The van der Waals surface area contributed by atoms with E-state index in [0.29, 0.717) is 5.89 Å². The molecule has 0 atom stereocenters. The summed E-state index contributed by atoms with van der Waals surface area (Å²) in [5.74, 6) is 0.291. The molecule has 0 bridgehead atoms. The van der Waals surface area contributed by atoms with Crippen LogP contribution in [0.15, 0.2) is 34.9 Å². The number of rotatable bonds is 5. The molecule has 0 unspecified atom stereocenters. The van der Waals surface area contributed by atoms with Gasteiger partial charge in [-0.1, -0.05) is 0 Å². The normalized spacial score (nSPS) is 10.7. The van der Waals surface area contributed by atoms with E-state index in [1.54, 1.807) is 18.4 Å². The SMILES string of the molecule is CNCCCc1coc(-c2ccc(F)cc2)n1. The lowest BCUT2D eigenvalue weighted by Gasteiger charge is -1.95. The van der Waals surface area contributed by atoms with Gasteiger partial charge in [-0.2, -0.15) is 0 Å². The van der Waals surface area contributed by atoms with Crippen LogP contribution >= 0.6 is 0 Å². The van der Waals surface area contributed by atoms with Crippen molar-refractivity contribution < 1.29 is 8.81 Å². The maximum Gasteiger partial charge on any atom is 0.226 e. The van der Waals surface area contributed by atoms with E-state index < -0.39 is 0 Å². The Morgan fingerprint density at radius 3 is 2.76 bits per heavy atom. The number of nitrogens with one attached hydrogen (secondary N) is 1. The topological polar surface area (TPSA) is 38.1 Å². The van der Waals surface area contributed by atoms with Crippen LogP contribution in [0.25, 0.3) is 11.5 Å². The molecule has 0 aliphatic carbocycles. The van der Waals surface area contributed by atoms with Gasteiger partial charge in [0.25, 0.3) is 0 Å². The van der Waals surface area contributed by atoms with Crippen molar-refractivity contribution in [2.24, 2.45) is 0 Å². The van der Waals surface area contributed by atoms with E-state index in [1.165, 1.54) is 12.1 Å². The van der Waals surface area contributed by atoms with Crippen LogP contribution in [0.2, 0.25) is 0 Å². The average molecular weight is 234 g/mol. The molecule has 2 aromatic rings. The second kappa shape index (κ2) is 5.59.